The van der Waals surface area contributed by atoms with E-state index in [4.69, 9.17) is 10.5 Å². The van der Waals surface area contributed by atoms with E-state index < -0.39 is 0 Å². The SMILES string of the molecule is Cl.Cl.NCCC1OC=C(NC=O)N1Cc1ccccn1. The molecule has 20 heavy (non-hydrogen) atoms. The van der Waals surface area contributed by atoms with E-state index in [1.54, 1.807) is 6.20 Å². The van der Waals surface area contributed by atoms with E-state index in [0.29, 0.717) is 31.7 Å². The van der Waals surface area contributed by atoms with Gasteiger partial charge in [0.25, 0.3) is 0 Å². The maximum absolute atomic E-state index is 10.5. The Kier molecular flexibility index (Phi) is 8.71. The molecule has 1 atom stereocenters. The molecule has 0 bridgehead atoms. The highest BCUT2D eigenvalue weighted by molar-refractivity contribution is 5.85. The standard InChI is InChI=1S/C12H16N4O2.2ClH/c13-5-4-12-16(11(8-18-12)15-9-17)7-10-3-1-2-6-14-10;;/h1-3,6,8-9,12H,4-5,7,13H2,(H,15,17);2*1H. The normalized spacial score (nSPS) is 16.4. The second-order valence-corrected chi connectivity index (χ2v) is 3.88. The zero-order valence-corrected chi connectivity index (χ0v) is 12.4. The maximum atomic E-state index is 10.5. The van der Waals surface area contributed by atoms with Gasteiger partial charge in [-0.25, -0.2) is 0 Å². The van der Waals surface area contributed by atoms with Crippen molar-refractivity contribution < 1.29 is 9.53 Å². The fraction of sp³-hybridized carbons (Fsp3) is 0.333. The number of carbonyl (C=O) groups excluding carboxylic acids is 1. The number of nitrogens with two attached hydrogens (primary N) is 1. The highest BCUT2D eigenvalue weighted by atomic mass is 35.5. The van der Waals surface area contributed by atoms with Crippen LogP contribution in [0.25, 0.3) is 0 Å². The Morgan fingerprint density at radius 3 is 2.85 bits per heavy atom. The van der Waals surface area contributed by atoms with Crippen LogP contribution in [0.3, 0.4) is 0 Å². The van der Waals surface area contributed by atoms with Crippen molar-refractivity contribution in [3.63, 3.8) is 0 Å². The van der Waals surface area contributed by atoms with Gasteiger partial charge >= 0.3 is 0 Å². The molecular formula is C12H18Cl2N4O2. The van der Waals surface area contributed by atoms with E-state index >= 15 is 0 Å². The maximum Gasteiger partial charge on any atom is 0.212 e. The molecule has 0 aromatic carbocycles. The van der Waals surface area contributed by atoms with Crippen molar-refractivity contribution in [2.24, 2.45) is 5.73 Å². The van der Waals surface area contributed by atoms with Crippen LogP contribution < -0.4 is 11.1 Å². The van der Waals surface area contributed by atoms with Crippen LogP contribution >= 0.6 is 24.8 Å². The van der Waals surface area contributed by atoms with Gasteiger partial charge in [0.2, 0.25) is 6.41 Å². The molecule has 1 aliphatic rings. The summed E-state index contributed by atoms with van der Waals surface area (Å²) < 4.78 is 5.48. The molecule has 3 N–H and O–H groups in total. The third-order valence-corrected chi connectivity index (χ3v) is 2.67. The first-order valence-electron chi connectivity index (χ1n) is 5.77. The lowest BCUT2D eigenvalue weighted by molar-refractivity contribution is -0.109. The van der Waals surface area contributed by atoms with E-state index in [1.165, 1.54) is 6.26 Å². The van der Waals surface area contributed by atoms with Crippen molar-refractivity contribution in [3.8, 4) is 0 Å². The molecule has 112 valence electrons. The number of aromatic nitrogens is 1. The average molecular weight is 321 g/mol. The number of amides is 1. The molecule has 0 spiro atoms. The van der Waals surface area contributed by atoms with Crippen molar-refractivity contribution >= 4 is 31.2 Å². The van der Waals surface area contributed by atoms with Crippen LogP contribution in [0.1, 0.15) is 12.1 Å². The highest BCUT2D eigenvalue weighted by Crippen LogP contribution is 2.21. The molecule has 1 aromatic rings. The van der Waals surface area contributed by atoms with Crippen LogP contribution in [-0.4, -0.2) is 29.1 Å². The van der Waals surface area contributed by atoms with E-state index in [2.05, 4.69) is 10.3 Å². The average Bonchev–Trinajstić information content (AvgIpc) is 2.75. The quantitative estimate of drug-likeness (QED) is 0.764. The first-order valence-corrected chi connectivity index (χ1v) is 5.77. The molecule has 8 heteroatoms. The number of ether oxygens (including phenoxy) is 1. The zero-order chi connectivity index (χ0) is 12.8. The minimum atomic E-state index is -0.153. The molecule has 1 amide bonds. The van der Waals surface area contributed by atoms with E-state index in [1.807, 2.05) is 23.1 Å². The van der Waals surface area contributed by atoms with E-state index in [9.17, 15) is 4.79 Å². The predicted octanol–water partition coefficient (Wildman–Crippen LogP) is 0.977. The number of hydrogen-bond acceptors (Lipinski definition) is 5. The molecule has 0 radical (unpaired) electrons. The van der Waals surface area contributed by atoms with Crippen LogP contribution in [0.5, 0.6) is 0 Å². The van der Waals surface area contributed by atoms with Gasteiger partial charge in [0, 0.05) is 12.6 Å². The Morgan fingerprint density at radius 1 is 1.45 bits per heavy atom. The van der Waals surface area contributed by atoms with Gasteiger partial charge in [0.05, 0.1) is 12.2 Å². The van der Waals surface area contributed by atoms with Crippen LogP contribution in [0.4, 0.5) is 0 Å². The van der Waals surface area contributed by atoms with Gasteiger partial charge in [-0.1, -0.05) is 6.07 Å². The van der Waals surface area contributed by atoms with Gasteiger partial charge in [-0.2, -0.15) is 0 Å². The van der Waals surface area contributed by atoms with Gasteiger partial charge in [0.15, 0.2) is 6.23 Å². The summed E-state index contributed by atoms with van der Waals surface area (Å²) in [5.74, 6) is 0.633. The second-order valence-electron chi connectivity index (χ2n) is 3.88. The smallest absolute Gasteiger partial charge is 0.212 e. The third-order valence-electron chi connectivity index (χ3n) is 2.67. The summed E-state index contributed by atoms with van der Waals surface area (Å²) in [5, 5.41) is 2.62. The topological polar surface area (TPSA) is 80.5 Å². The molecule has 0 saturated carbocycles. The van der Waals surface area contributed by atoms with Gasteiger partial charge < -0.3 is 20.7 Å². The van der Waals surface area contributed by atoms with Crippen LogP contribution in [-0.2, 0) is 16.1 Å². The number of carbonyl (C=O) groups is 1. The largest absolute Gasteiger partial charge is 0.474 e. The third kappa shape index (κ3) is 4.56. The summed E-state index contributed by atoms with van der Waals surface area (Å²) in [6.07, 6.45) is 4.44. The van der Waals surface area contributed by atoms with Gasteiger partial charge in [0.1, 0.15) is 12.1 Å². The lowest BCUT2D eigenvalue weighted by atomic mass is 10.3. The Morgan fingerprint density at radius 2 is 2.25 bits per heavy atom. The summed E-state index contributed by atoms with van der Waals surface area (Å²) in [6.45, 7) is 1.09. The van der Waals surface area contributed by atoms with Crippen LogP contribution in [0, 0.1) is 0 Å². The van der Waals surface area contributed by atoms with Crippen molar-refractivity contribution in [2.45, 2.75) is 19.2 Å². The summed E-state index contributed by atoms with van der Waals surface area (Å²) in [5.41, 5.74) is 6.45. The van der Waals surface area contributed by atoms with Crippen LogP contribution in [0.15, 0.2) is 36.5 Å². The summed E-state index contributed by atoms with van der Waals surface area (Å²) in [7, 11) is 0. The zero-order valence-electron chi connectivity index (χ0n) is 10.8. The lowest BCUT2D eigenvalue weighted by Crippen LogP contribution is -2.36. The Bertz CT molecular complexity index is 431. The minimum absolute atomic E-state index is 0. The fourth-order valence-corrected chi connectivity index (χ4v) is 1.84. The number of rotatable bonds is 6. The fourth-order valence-electron chi connectivity index (χ4n) is 1.84. The van der Waals surface area contributed by atoms with Gasteiger partial charge in [-0.3, -0.25) is 9.78 Å². The second kappa shape index (κ2) is 9.41. The van der Waals surface area contributed by atoms with E-state index in [0.717, 1.165) is 5.69 Å². The molecule has 0 saturated heterocycles. The lowest BCUT2D eigenvalue weighted by Gasteiger charge is -2.26. The number of hydrogen-bond donors (Lipinski definition) is 2. The summed E-state index contributed by atoms with van der Waals surface area (Å²) in [4.78, 5) is 16.7. The minimum Gasteiger partial charge on any atom is -0.474 e. The predicted molar refractivity (Wildman–Crippen MR) is 80.1 cm³/mol. The molecule has 2 heterocycles. The number of halogens is 2. The molecule has 0 fully saturated rings. The van der Waals surface area contributed by atoms with Crippen molar-refractivity contribution in [1.82, 2.24) is 15.2 Å². The van der Waals surface area contributed by atoms with Crippen molar-refractivity contribution in [1.29, 1.82) is 0 Å². The summed E-state index contributed by atoms with van der Waals surface area (Å²) >= 11 is 0. The molecule has 0 aliphatic carbocycles. The first-order chi connectivity index (χ1) is 8.85. The first kappa shape index (κ1) is 18.5. The summed E-state index contributed by atoms with van der Waals surface area (Å²) in [6, 6.07) is 5.71. The number of nitrogens with one attached hydrogen (secondary N) is 1. The number of nitrogens with zero attached hydrogens (tertiary/aromatic N) is 2. The van der Waals surface area contributed by atoms with Crippen molar-refractivity contribution in [3.05, 3.63) is 42.2 Å². The molecular weight excluding hydrogens is 303 g/mol. The van der Waals surface area contributed by atoms with Crippen molar-refractivity contribution in [2.75, 3.05) is 6.54 Å². The Balaban J connectivity index is 0.00000180. The molecule has 1 unspecified atom stereocenters. The number of pyridine rings is 1. The Labute approximate surface area is 130 Å². The van der Waals surface area contributed by atoms with Crippen LogP contribution in [0.2, 0.25) is 0 Å². The van der Waals surface area contributed by atoms with Gasteiger partial charge in [-0.15, -0.1) is 24.8 Å². The van der Waals surface area contributed by atoms with E-state index in [-0.39, 0.29) is 31.0 Å². The molecule has 1 aliphatic heterocycles. The molecule has 2 rings (SSSR count). The van der Waals surface area contributed by atoms with Gasteiger partial charge in [-0.05, 0) is 18.7 Å². The monoisotopic (exact) mass is 320 g/mol. The molecule has 6 nitrogen and oxygen atoms in total. The molecule has 1 aromatic heterocycles. The Hall–Kier alpha value is -1.50. The highest BCUT2D eigenvalue weighted by Gasteiger charge is 2.27.